The van der Waals surface area contributed by atoms with E-state index in [0.29, 0.717) is 40.4 Å². The van der Waals surface area contributed by atoms with Gasteiger partial charge in [0.1, 0.15) is 5.69 Å². The number of nitrogens with zero attached hydrogens (tertiary/aromatic N) is 3. The predicted octanol–water partition coefficient (Wildman–Crippen LogP) is 3.56. The summed E-state index contributed by atoms with van der Waals surface area (Å²) in [5.74, 6) is 0.451. The summed E-state index contributed by atoms with van der Waals surface area (Å²) in [5.41, 5.74) is 2.07. The van der Waals surface area contributed by atoms with Crippen molar-refractivity contribution in [1.82, 2.24) is 20.4 Å². The number of morpholine rings is 1. The lowest BCUT2D eigenvalue weighted by molar-refractivity contribution is -0.0361. The predicted molar refractivity (Wildman–Crippen MR) is 115 cm³/mol. The summed E-state index contributed by atoms with van der Waals surface area (Å²) in [7, 11) is 0. The van der Waals surface area contributed by atoms with Gasteiger partial charge in [0.2, 0.25) is 0 Å². The molecule has 2 aliphatic rings. The minimum Gasteiger partial charge on any atom is -0.463 e. The lowest BCUT2D eigenvalue weighted by Crippen LogP contribution is -2.59. The summed E-state index contributed by atoms with van der Waals surface area (Å²) in [4.78, 5) is 20.4. The van der Waals surface area contributed by atoms with Crippen LogP contribution in [0.2, 0.25) is 0 Å². The zero-order valence-electron chi connectivity index (χ0n) is 17.9. The summed E-state index contributed by atoms with van der Waals surface area (Å²) < 4.78 is 16.4. The normalized spacial score (nSPS) is 19.5. The number of aromatic nitrogens is 2. The fraction of sp³-hybridized carbons (Fsp3) is 0.522. The van der Waals surface area contributed by atoms with Gasteiger partial charge in [0.25, 0.3) is 11.6 Å². The van der Waals surface area contributed by atoms with Gasteiger partial charge in [-0.25, -0.2) is 4.98 Å². The van der Waals surface area contributed by atoms with Gasteiger partial charge in [0.15, 0.2) is 5.76 Å². The molecule has 5 rings (SSSR count). The number of carbonyl (C=O) groups is 1. The first-order valence-corrected chi connectivity index (χ1v) is 11.1. The molecule has 0 unspecified atom stereocenters. The third-order valence-corrected chi connectivity index (χ3v) is 6.68. The molecule has 3 aromatic rings. The standard InChI is InChI=1S/C23H28N4O4/c1-16-20-17(14-18(19-6-5-11-30-19)25-22(20)31-26-16)21(28)24-15-23(7-3-2-4-8-23)27-9-12-29-13-10-27/h5-6,11,14H,2-4,7-10,12-13,15H2,1H3,(H,24,28). The van der Waals surface area contributed by atoms with Gasteiger partial charge in [-0.15, -0.1) is 0 Å². The van der Waals surface area contributed by atoms with Crippen molar-refractivity contribution in [3.63, 3.8) is 0 Å². The number of fused-ring (bicyclic) bond motifs is 1. The van der Waals surface area contributed by atoms with Gasteiger partial charge in [-0.2, -0.15) is 0 Å². The molecule has 8 heteroatoms. The van der Waals surface area contributed by atoms with Crippen LogP contribution < -0.4 is 5.32 Å². The van der Waals surface area contributed by atoms with Gasteiger partial charge in [-0.1, -0.05) is 24.4 Å². The Kier molecular flexibility index (Phi) is 5.50. The quantitative estimate of drug-likeness (QED) is 0.669. The molecule has 2 fully saturated rings. The second-order valence-electron chi connectivity index (χ2n) is 8.55. The van der Waals surface area contributed by atoms with Crippen LogP contribution in [0.1, 0.15) is 48.2 Å². The molecule has 31 heavy (non-hydrogen) atoms. The third kappa shape index (κ3) is 3.85. The SMILES string of the molecule is Cc1noc2nc(-c3ccco3)cc(C(=O)NCC3(N4CCOCC4)CCCCC3)c12. The van der Waals surface area contributed by atoms with E-state index in [-0.39, 0.29) is 11.4 Å². The van der Waals surface area contributed by atoms with E-state index in [1.54, 1.807) is 18.4 Å². The number of pyridine rings is 1. The lowest BCUT2D eigenvalue weighted by Gasteiger charge is -2.48. The maximum absolute atomic E-state index is 13.4. The first kappa shape index (κ1) is 20.2. The Bertz CT molecular complexity index is 1050. The minimum absolute atomic E-state index is 0.00261. The molecule has 1 aliphatic carbocycles. The first-order valence-electron chi connectivity index (χ1n) is 11.1. The molecule has 1 aliphatic heterocycles. The Balaban J connectivity index is 1.43. The van der Waals surface area contributed by atoms with Crippen LogP contribution >= 0.6 is 0 Å². The molecule has 0 atom stereocenters. The molecule has 1 amide bonds. The minimum atomic E-state index is -0.135. The summed E-state index contributed by atoms with van der Waals surface area (Å²) in [6, 6.07) is 5.37. The largest absolute Gasteiger partial charge is 0.463 e. The topological polar surface area (TPSA) is 93.6 Å². The lowest BCUT2D eigenvalue weighted by atomic mass is 9.79. The van der Waals surface area contributed by atoms with Crippen LogP contribution in [0, 0.1) is 6.92 Å². The van der Waals surface area contributed by atoms with E-state index in [0.717, 1.165) is 39.1 Å². The molecular formula is C23H28N4O4. The zero-order valence-corrected chi connectivity index (χ0v) is 17.9. The molecule has 164 valence electrons. The Morgan fingerprint density at radius 3 is 2.77 bits per heavy atom. The zero-order chi connectivity index (χ0) is 21.3. The number of amides is 1. The van der Waals surface area contributed by atoms with Crippen molar-refractivity contribution in [2.75, 3.05) is 32.8 Å². The van der Waals surface area contributed by atoms with Crippen LogP contribution in [0.4, 0.5) is 0 Å². The molecule has 0 bridgehead atoms. The maximum Gasteiger partial charge on any atom is 0.259 e. The second-order valence-corrected chi connectivity index (χ2v) is 8.55. The second kappa shape index (κ2) is 8.43. The number of rotatable bonds is 5. The Morgan fingerprint density at radius 2 is 2.03 bits per heavy atom. The summed E-state index contributed by atoms with van der Waals surface area (Å²) in [6.07, 6.45) is 7.44. The van der Waals surface area contributed by atoms with Crippen LogP contribution in [0.3, 0.4) is 0 Å². The molecule has 0 aromatic carbocycles. The average Bonchev–Trinajstić information content (AvgIpc) is 3.49. The third-order valence-electron chi connectivity index (χ3n) is 6.68. The van der Waals surface area contributed by atoms with Gasteiger partial charge in [0.05, 0.1) is 36.1 Å². The van der Waals surface area contributed by atoms with Crippen molar-refractivity contribution in [2.45, 2.75) is 44.6 Å². The van der Waals surface area contributed by atoms with Gasteiger partial charge in [-0.3, -0.25) is 9.69 Å². The number of carbonyl (C=O) groups excluding carboxylic acids is 1. The van der Waals surface area contributed by atoms with Crippen molar-refractivity contribution in [3.05, 3.63) is 35.7 Å². The molecule has 0 radical (unpaired) electrons. The number of furan rings is 1. The van der Waals surface area contributed by atoms with Gasteiger partial charge in [-0.05, 0) is 38.0 Å². The van der Waals surface area contributed by atoms with Gasteiger partial charge in [0, 0.05) is 25.2 Å². The summed E-state index contributed by atoms with van der Waals surface area (Å²) >= 11 is 0. The smallest absolute Gasteiger partial charge is 0.259 e. The number of nitrogens with one attached hydrogen (secondary N) is 1. The molecule has 8 nitrogen and oxygen atoms in total. The highest BCUT2D eigenvalue weighted by Crippen LogP contribution is 2.34. The first-order chi connectivity index (χ1) is 15.2. The Labute approximate surface area is 180 Å². The molecule has 1 saturated heterocycles. The number of hydrogen-bond acceptors (Lipinski definition) is 7. The molecule has 3 aromatic heterocycles. The monoisotopic (exact) mass is 424 g/mol. The molecule has 1 saturated carbocycles. The van der Waals surface area contributed by atoms with Crippen molar-refractivity contribution >= 4 is 17.0 Å². The number of ether oxygens (including phenoxy) is 1. The van der Waals surface area contributed by atoms with Crippen molar-refractivity contribution in [1.29, 1.82) is 0 Å². The fourth-order valence-electron chi connectivity index (χ4n) is 5.02. The highest BCUT2D eigenvalue weighted by molar-refractivity contribution is 6.06. The molecule has 4 heterocycles. The van der Waals surface area contributed by atoms with Crippen LogP contribution in [-0.2, 0) is 4.74 Å². The highest BCUT2D eigenvalue weighted by atomic mass is 16.5. The summed E-state index contributed by atoms with van der Waals surface area (Å²) in [6.45, 7) is 5.80. The van der Waals surface area contributed by atoms with E-state index in [9.17, 15) is 4.79 Å². The highest BCUT2D eigenvalue weighted by Gasteiger charge is 2.39. The van der Waals surface area contributed by atoms with Crippen LogP contribution in [0.15, 0.2) is 33.4 Å². The van der Waals surface area contributed by atoms with E-state index in [4.69, 9.17) is 13.7 Å². The molecule has 0 spiro atoms. The van der Waals surface area contributed by atoms with Gasteiger partial charge < -0.3 is 19.0 Å². The molecular weight excluding hydrogens is 396 g/mol. The number of hydrogen-bond donors (Lipinski definition) is 1. The Morgan fingerprint density at radius 1 is 1.23 bits per heavy atom. The fourth-order valence-corrected chi connectivity index (χ4v) is 5.02. The van der Waals surface area contributed by atoms with E-state index in [2.05, 4.69) is 20.4 Å². The summed E-state index contributed by atoms with van der Waals surface area (Å²) in [5, 5.41) is 7.92. The van der Waals surface area contributed by atoms with Crippen LogP contribution in [0.25, 0.3) is 22.6 Å². The van der Waals surface area contributed by atoms with Crippen molar-refractivity contribution in [3.8, 4) is 11.5 Å². The van der Waals surface area contributed by atoms with Crippen molar-refractivity contribution < 1.29 is 18.5 Å². The molecule has 1 N–H and O–H groups in total. The average molecular weight is 425 g/mol. The van der Waals surface area contributed by atoms with E-state index < -0.39 is 0 Å². The van der Waals surface area contributed by atoms with E-state index >= 15 is 0 Å². The number of aryl methyl sites for hydroxylation is 1. The van der Waals surface area contributed by atoms with Gasteiger partial charge >= 0.3 is 0 Å². The van der Waals surface area contributed by atoms with E-state index in [1.807, 2.05) is 13.0 Å². The Hall–Kier alpha value is -2.71. The van der Waals surface area contributed by atoms with Crippen LogP contribution in [-0.4, -0.2) is 59.3 Å². The van der Waals surface area contributed by atoms with Crippen molar-refractivity contribution in [2.24, 2.45) is 0 Å². The maximum atomic E-state index is 13.4. The van der Waals surface area contributed by atoms with E-state index in [1.165, 1.54) is 19.3 Å². The van der Waals surface area contributed by atoms with Crippen LogP contribution in [0.5, 0.6) is 0 Å².